The van der Waals surface area contributed by atoms with Crippen LogP contribution in [0.2, 0.25) is 0 Å². The van der Waals surface area contributed by atoms with Crippen LogP contribution in [0.15, 0.2) is 24.5 Å². The largest absolute Gasteiger partial charge is 0.345 e. The second-order valence-electron chi connectivity index (χ2n) is 5.67. The smallest absolute Gasteiger partial charge is 0.222 e. The molecular formula is C15H23N3O. The summed E-state index contributed by atoms with van der Waals surface area (Å²) in [5.41, 5.74) is 7.14. The molecule has 1 fully saturated rings. The van der Waals surface area contributed by atoms with E-state index in [1.807, 2.05) is 30.3 Å². The lowest BCUT2D eigenvalue weighted by molar-refractivity contribution is -0.132. The van der Waals surface area contributed by atoms with E-state index in [1.165, 1.54) is 6.42 Å². The Morgan fingerprint density at radius 1 is 1.53 bits per heavy atom. The zero-order valence-corrected chi connectivity index (χ0v) is 11.6. The molecule has 0 radical (unpaired) electrons. The van der Waals surface area contributed by atoms with Gasteiger partial charge in [-0.2, -0.15) is 0 Å². The van der Waals surface area contributed by atoms with Crippen LogP contribution in [0.25, 0.3) is 0 Å². The van der Waals surface area contributed by atoms with Gasteiger partial charge in [0.15, 0.2) is 0 Å². The topological polar surface area (TPSA) is 59.2 Å². The van der Waals surface area contributed by atoms with Gasteiger partial charge in [0.05, 0.1) is 0 Å². The van der Waals surface area contributed by atoms with Gasteiger partial charge < -0.3 is 10.6 Å². The summed E-state index contributed by atoms with van der Waals surface area (Å²) in [6.07, 6.45) is 8.43. The second kappa shape index (κ2) is 6.15. The maximum absolute atomic E-state index is 12.1. The minimum atomic E-state index is 0.193. The van der Waals surface area contributed by atoms with Gasteiger partial charge in [-0.3, -0.25) is 9.78 Å². The molecule has 4 heteroatoms. The lowest BCUT2D eigenvalue weighted by Gasteiger charge is -2.43. The van der Waals surface area contributed by atoms with Crippen LogP contribution in [0.4, 0.5) is 0 Å². The third kappa shape index (κ3) is 3.53. The third-order valence-electron chi connectivity index (χ3n) is 4.20. The molecule has 1 heterocycles. The van der Waals surface area contributed by atoms with Crippen molar-refractivity contribution in [3.8, 4) is 0 Å². The summed E-state index contributed by atoms with van der Waals surface area (Å²) in [4.78, 5) is 18.0. The first kappa shape index (κ1) is 14.0. The number of rotatable bonds is 6. The highest BCUT2D eigenvalue weighted by atomic mass is 16.2. The van der Waals surface area contributed by atoms with Crippen LogP contribution in [0.1, 0.15) is 31.2 Å². The van der Waals surface area contributed by atoms with E-state index in [9.17, 15) is 4.79 Å². The summed E-state index contributed by atoms with van der Waals surface area (Å²) in [6, 6.07) is 3.91. The minimum absolute atomic E-state index is 0.193. The molecule has 0 atom stereocenters. The maximum Gasteiger partial charge on any atom is 0.222 e. The molecule has 1 aromatic rings. The van der Waals surface area contributed by atoms with Crippen molar-refractivity contribution in [2.75, 3.05) is 20.1 Å². The Kier molecular flexibility index (Phi) is 4.53. The lowest BCUT2D eigenvalue weighted by Crippen LogP contribution is -2.47. The van der Waals surface area contributed by atoms with E-state index in [0.717, 1.165) is 31.4 Å². The number of carbonyl (C=O) groups is 1. The van der Waals surface area contributed by atoms with E-state index in [2.05, 4.69) is 4.98 Å². The van der Waals surface area contributed by atoms with E-state index in [4.69, 9.17) is 5.73 Å². The zero-order chi connectivity index (χ0) is 13.7. The predicted octanol–water partition coefficient (Wildman–Crippen LogP) is 1.60. The molecule has 0 saturated heterocycles. The first-order valence-corrected chi connectivity index (χ1v) is 6.98. The molecule has 19 heavy (non-hydrogen) atoms. The fraction of sp³-hybridized carbons (Fsp3) is 0.600. The maximum atomic E-state index is 12.1. The van der Waals surface area contributed by atoms with Crippen LogP contribution < -0.4 is 5.73 Å². The van der Waals surface area contributed by atoms with E-state index in [1.54, 1.807) is 6.20 Å². The van der Waals surface area contributed by atoms with Crippen molar-refractivity contribution in [1.29, 1.82) is 0 Å². The second-order valence-corrected chi connectivity index (χ2v) is 5.67. The first-order chi connectivity index (χ1) is 9.15. The van der Waals surface area contributed by atoms with Crippen molar-refractivity contribution in [1.82, 2.24) is 9.88 Å². The Balaban J connectivity index is 1.79. The number of aryl methyl sites for hydroxylation is 1. The van der Waals surface area contributed by atoms with Crippen molar-refractivity contribution in [2.45, 2.75) is 32.1 Å². The van der Waals surface area contributed by atoms with Gasteiger partial charge in [-0.05, 0) is 37.4 Å². The van der Waals surface area contributed by atoms with Gasteiger partial charge in [-0.15, -0.1) is 0 Å². The molecular weight excluding hydrogens is 238 g/mol. The summed E-state index contributed by atoms with van der Waals surface area (Å²) in [5, 5.41) is 0. The van der Waals surface area contributed by atoms with Gasteiger partial charge in [0, 0.05) is 37.8 Å². The summed E-state index contributed by atoms with van der Waals surface area (Å²) < 4.78 is 0. The highest BCUT2D eigenvalue weighted by Gasteiger charge is 2.37. The van der Waals surface area contributed by atoms with Crippen molar-refractivity contribution in [3.63, 3.8) is 0 Å². The molecule has 1 amide bonds. The molecule has 4 nitrogen and oxygen atoms in total. The van der Waals surface area contributed by atoms with Crippen molar-refractivity contribution < 1.29 is 4.79 Å². The monoisotopic (exact) mass is 261 g/mol. The van der Waals surface area contributed by atoms with Crippen LogP contribution >= 0.6 is 0 Å². The van der Waals surface area contributed by atoms with Crippen LogP contribution in [0, 0.1) is 5.41 Å². The van der Waals surface area contributed by atoms with Gasteiger partial charge in [-0.25, -0.2) is 0 Å². The standard InChI is InChI=1S/C15H23N3O/c1-18(12-15(11-16)7-3-8-15)14(19)6-5-13-4-2-9-17-10-13/h2,4,9-10H,3,5-8,11-12,16H2,1H3. The molecule has 1 aromatic heterocycles. The van der Waals surface area contributed by atoms with Crippen molar-refractivity contribution in [3.05, 3.63) is 30.1 Å². The molecule has 0 spiro atoms. The number of hydrogen-bond acceptors (Lipinski definition) is 3. The molecule has 2 rings (SSSR count). The van der Waals surface area contributed by atoms with Crippen LogP contribution in [-0.2, 0) is 11.2 Å². The number of hydrogen-bond donors (Lipinski definition) is 1. The lowest BCUT2D eigenvalue weighted by atomic mass is 9.68. The van der Waals surface area contributed by atoms with E-state index in [0.29, 0.717) is 13.0 Å². The number of pyridine rings is 1. The normalized spacial score (nSPS) is 16.7. The summed E-state index contributed by atoms with van der Waals surface area (Å²) in [6.45, 7) is 1.49. The Morgan fingerprint density at radius 3 is 2.84 bits per heavy atom. The van der Waals surface area contributed by atoms with Crippen molar-refractivity contribution in [2.24, 2.45) is 11.1 Å². The minimum Gasteiger partial charge on any atom is -0.345 e. The fourth-order valence-electron chi connectivity index (χ4n) is 2.68. The Labute approximate surface area is 115 Å². The average Bonchev–Trinajstić information content (AvgIpc) is 2.41. The van der Waals surface area contributed by atoms with Crippen LogP contribution in [0.5, 0.6) is 0 Å². The quantitative estimate of drug-likeness (QED) is 0.846. The molecule has 0 aromatic carbocycles. The average molecular weight is 261 g/mol. The number of nitrogens with zero attached hydrogens (tertiary/aromatic N) is 2. The molecule has 1 aliphatic carbocycles. The predicted molar refractivity (Wildman–Crippen MR) is 75.5 cm³/mol. The molecule has 0 unspecified atom stereocenters. The van der Waals surface area contributed by atoms with E-state index < -0.39 is 0 Å². The summed E-state index contributed by atoms with van der Waals surface area (Å²) >= 11 is 0. The van der Waals surface area contributed by atoms with Gasteiger partial charge >= 0.3 is 0 Å². The van der Waals surface area contributed by atoms with E-state index in [-0.39, 0.29) is 11.3 Å². The Hall–Kier alpha value is -1.42. The highest BCUT2D eigenvalue weighted by molar-refractivity contribution is 5.76. The molecule has 1 saturated carbocycles. The Morgan fingerprint density at radius 2 is 2.32 bits per heavy atom. The van der Waals surface area contributed by atoms with Gasteiger partial charge in [0.2, 0.25) is 5.91 Å². The van der Waals surface area contributed by atoms with Crippen LogP contribution in [0.3, 0.4) is 0 Å². The molecule has 0 aliphatic heterocycles. The van der Waals surface area contributed by atoms with Gasteiger partial charge in [-0.1, -0.05) is 12.5 Å². The van der Waals surface area contributed by atoms with Gasteiger partial charge in [0.1, 0.15) is 0 Å². The first-order valence-electron chi connectivity index (χ1n) is 6.98. The number of amides is 1. The SMILES string of the molecule is CN(CC1(CN)CCC1)C(=O)CCc1cccnc1. The van der Waals surface area contributed by atoms with Crippen LogP contribution in [-0.4, -0.2) is 35.9 Å². The number of nitrogens with two attached hydrogens (primary N) is 1. The van der Waals surface area contributed by atoms with Crippen molar-refractivity contribution >= 4 is 5.91 Å². The molecule has 2 N–H and O–H groups in total. The van der Waals surface area contributed by atoms with E-state index >= 15 is 0 Å². The Bertz CT molecular complexity index is 409. The molecule has 1 aliphatic rings. The summed E-state index contributed by atoms with van der Waals surface area (Å²) in [5.74, 6) is 0.198. The third-order valence-corrected chi connectivity index (χ3v) is 4.20. The van der Waals surface area contributed by atoms with Gasteiger partial charge in [0.25, 0.3) is 0 Å². The number of aromatic nitrogens is 1. The highest BCUT2D eigenvalue weighted by Crippen LogP contribution is 2.40. The number of carbonyl (C=O) groups excluding carboxylic acids is 1. The summed E-state index contributed by atoms with van der Waals surface area (Å²) in [7, 11) is 1.89. The fourth-order valence-corrected chi connectivity index (χ4v) is 2.68. The molecule has 0 bridgehead atoms. The zero-order valence-electron chi connectivity index (χ0n) is 11.6. The molecule has 104 valence electrons.